The van der Waals surface area contributed by atoms with Gasteiger partial charge in [-0.15, -0.1) is 0 Å². The molecular weight excluding hydrogens is 452 g/mol. The van der Waals surface area contributed by atoms with E-state index in [2.05, 4.69) is 55.1 Å². The monoisotopic (exact) mass is 507 g/mol. The van der Waals surface area contributed by atoms with E-state index in [-0.39, 0.29) is 0 Å². The van der Waals surface area contributed by atoms with Crippen LogP contribution in [0.2, 0.25) is 25.2 Å². The molecule has 0 aliphatic rings. The molecule has 36 heavy (non-hydrogen) atoms. The molecule has 0 spiro atoms. The summed E-state index contributed by atoms with van der Waals surface area (Å²) in [4.78, 5) is 9.34. The van der Waals surface area contributed by atoms with Crippen LogP contribution in [0.5, 0.6) is 0 Å². The maximum absolute atomic E-state index is 4.67. The Hall–Kier alpha value is -1.48. The molecule has 0 saturated carbocycles. The van der Waals surface area contributed by atoms with Gasteiger partial charge >= 0.3 is 0 Å². The summed E-state index contributed by atoms with van der Waals surface area (Å²) >= 11 is 0. The van der Waals surface area contributed by atoms with Crippen LogP contribution in [0.4, 0.5) is 0 Å². The van der Waals surface area contributed by atoms with Gasteiger partial charge in [-0.25, -0.2) is 9.97 Å². The fourth-order valence-electron chi connectivity index (χ4n) is 4.88. The summed E-state index contributed by atoms with van der Waals surface area (Å²) in [5.74, 6) is 0.845. The molecule has 2 nitrogen and oxygen atoms in total. The van der Waals surface area contributed by atoms with E-state index < -0.39 is 8.07 Å². The van der Waals surface area contributed by atoms with Crippen LogP contribution in [0.15, 0.2) is 30.6 Å². The first-order chi connectivity index (χ1) is 17.5. The van der Waals surface area contributed by atoms with Crippen LogP contribution in [0.3, 0.4) is 0 Å². The number of hydrogen-bond donors (Lipinski definition) is 0. The first-order valence-corrected chi connectivity index (χ1v) is 18.8. The highest BCUT2D eigenvalue weighted by atomic mass is 28.3. The van der Waals surface area contributed by atoms with Crippen LogP contribution < -0.4 is 0 Å². The van der Waals surface area contributed by atoms with Gasteiger partial charge in [0.1, 0.15) is 0 Å². The predicted molar refractivity (Wildman–Crippen MR) is 161 cm³/mol. The van der Waals surface area contributed by atoms with Crippen molar-refractivity contribution in [3.63, 3.8) is 0 Å². The molecular formula is C33H55N2Si. The van der Waals surface area contributed by atoms with Gasteiger partial charge in [0, 0.05) is 26.0 Å². The normalized spacial score (nSPS) is 11.8. The van der Waals surface area contributed by atoms with E-state index >= 15 is 0 Å². The number of benzene rings is 1. The number of hydrogen-bond acceptors (Lipinski definition) is 2. The van der Waals surface area contributed by atoms with Crippen LogP contribution in [-0.4, -0.2) is 18.0 Å². The van der Waals surface area contributed by atoms with Crippen molar-refractivity contribution in [2.75, 3.05) is 0 Å². The highest BCUT2D eigenvalue weighted by molar-refractivity contribution is 6.77. The Morgan fingerprint density at radius 1 is 0.694 bits per heavy atom. The molecule has 1 aromatic heterocycles. The predicted octanol–water partition coefficient (Wildman–Crippen LogP) is 10.6. The molecule has 2 rings (SSSR count). The third-order valence-corrected chi connectivity index (χ3v) is 11.5. The first-order valence-electron chi connectivity index (χ1n) is 15.4. The minimum atomic E-state index is -0.840. The summed E-state index contributed by atoms with van der Waals surface area (Å²) in [6.45, 7) is 9.74. The second-order valence-corrected chi connectivity index (χ2v) is 17.3. The average Bonchev–Trinajstić information content (AvgIpc) is 2.90. The molecule has 1 aromatic carbocycles. The van der Waals surface area contributed by atoms with Gasteiger partial charge in [-0.05, 0) is 48.9 Å². The molecule has 0 unspecified atom stereocenters. The standard InChI is InChI=1S/C33H55N2Si/c1-5-7-8-9-15-19-23-31-28-34-33(35-29-31)32-25-21-24-30(27-32)22-18-16-13-11-10-12-14-17-20-26-36(3,4)6-2/h21,25,27-29H,5-20,22-23,26H2,1-4H3. The second-order valence-electron chi connectivity index (χ2n) is 11.7. The number of nitrogens with zero attached hydrogens (tertiary/aromatic N) is 2. The van der Waals surface area contributed by atoms with Crippen LogP contribution in [0.25, 0.3) is 11.4 Å². The smallest absolute Gasteiger partial charge is 0.159 e. The third-order valence-electron chi connectivity index (χ3n) is 7.90. The Kier molecular flexibility index (Phi) is 16.0. The number of rotatable bonds is 21. The Morgan fingerprint density at radius 3 is 1.86 bits per heavy atom. The van der Waals surface area contributed by atoms with Gasteiger partial charge in [0.2, 0.25) is 0 Å². The topological polar surface area (TPSA) is 25.8 Å². The van der Waals surface area contributed by atoms with Crippen molar-refractivity contribution < 1.29 is 0 Å². The molecule has 0 saturated heterocycles. The van der Waals surface area contributed by atoms with Crippen LogP contribution >= 0.6 is 0 Å². The van der Waals surface area contributed by atoms with Crippen LogP contribution in [-0.2, 0) is 12.8 Å². The summed E-state index contributed by atoms with van der Waals surface area (Å²) in [5, 5.41) is 0. The molecule has 0 amide bonds. The maximum atomic E-state index is 4.67. The summed E-state index contributed by atoms with van der Waals surface area (Å²) in [7, 11) is -0.840. The molecule has 201 valence electrons. The SMILES string of the molecule is CCCCCCCCc1cnc(-c2cc[c]c(CCCCCCCCCCC[Si](C)(C)CC)c2)nc1. The lowest BCUT2D eigenvalue weighted by atomic mass is 10.0. The molecule has 0 aliphatic carbocycles. The first kappa shape index (κ1) is 30.7. The van der Waals surface area contributed by atoms with Gasteiger partial charge in [-0.1, -0.05) is 135 Å². The van der Waals surface area contributed by atoms with Crippen LogP contribution in [0, 0.1) is 6.07 Å². The van der Waals surface area contributed by atoms with Crippen molar-refractivity contribution in [1.82, 2.24) is 9.97 Å². The average molecular weight is 508 g/mol. The van der Waals surface area contributed by atoms with Gasteiger partial charge in [0.15, 0.2) is 5.82 Å². The highest BCUT2D eigenvalue weighted by Gasteiger charge is 2.16. The third kappa shape index (κ3) is 13.7. The Morgan fingerprint density at radius 2 is 1.25 bits per heavy atom. The summed E-state index contributed by atoms with van der Waals surface area (Å²) in [5.41, 5.74) is 3.68. The Labute approximate surface area is 225 Å². The summed E-state index contributed by atoms with van der Waals surface area (Å²) in [6, 6.07) is 12.8. The second kappa shape index (κ2) is 18.7. The largest absolute Gasteiger partial charge is 0.236 e. The van der Waals surface area contributed by atoms with Gasteiger partial charge < -0.3 is 0 Å². The zero-order valence-electron chi connectivity index (χ0n) is 24.2. The quantitative estimate of drug-likeness (QED) is 0.124. The highest BCUT2D eigenvalue weighted by Crippen LogP contribution is 2.21. The van der Waals surface area contributed by atoms with Gasteiger partial charge in [0.25, 0.3) is 0 Å². The van der Waals surface area contributed by atoms with Gasteiger partial charge in [0.05, 0.1) is 0 Å². The fraction of sp³-hybridized carbons (Fsp3) is 0.697. The summed E-state index contributed by atoms with van der Waals surface area (Å²) in [6.07, 6.45) is 26.8. The van der Waals surface area contributed by atoms with E-state index in [1.165, 1.54) is 120 Å². The van der Waals surface area contributed by atoms with E-state index in [4.69, 9.17) is 0 Å². The molecule has 2 aromatic rings. The lowest BCUT2D eigenvalue weighted by Crippen LogP contribution is -2.22. The van der Waals surface area contributed by atoms with E-state index in [1.807, 2.05) is 18.5 Å². The Balaban J connectivity index is 1.57. The fourth-order valence-corrected chi connectivity index (χ4v) is 6.44. The minimum Gasteiger partial charge on any atom is -0.236 e. The zero-order valence-corrected chi connectivity index (χ0v) is 25.2. The van der Waals surface area contributed by atoms with E-state index in [1.54, 1.807) is 0 Å². The van der Waals surface area contributed by atoms with E-state index in [9.17, 15) is 0 Å². The lowest BCUT2D eigenvalue weighted by molar-refractivity contribution is 0.564. The van der Waals surface area contributed by atoms with Gasteiger partial charge in [-0.3, -0.25) is 0 Å². The molecule has 0 fully saturated rings. The van der Waals surface area contributed by atoms with Crippen molar-refractivity contribution in [2.24, 2.45) is 0 Å². The van der Waals surface area contributed by atoms with Gasteiger partial charge in [-0.2, -0.15) is 0 Å². The maximum Gasteiger partial charge on any atom is 0.159 e. The lowest BCUT2D eigenvalue weighted by Gasteiger charge is -2.19. The van der Waals surface area contributed by atoms with Crippen molar-refractivity contribution in [1.29, 1.82) is 0 Å². The van der Waals surface area contributed by atoms with E-state index in [0.29, 0.717) is 0 Å². The Bertz CT molecular complexity index is 800. The molecule has 0 aliphatic heterocycles. The molecule has 1 heterocycles. The van der Waals surface area contributed by atoms with Crippen molar-refractivity contribution in [3.8, 4) is 11.4 Å². The zero-order chi connectivity index (χ0) is 25.9. The summed E-state index contributed by atoms with van der Waals surface area (Å²) < 4.78 is 0. The molecule has 1 radical (unpaired) electrons. The van der Waals surface area contributed by atoms with Crippen molar-refractivity contribution >= 4 is 8.07 Å². The molecule has 0 N–H and O–H groups in total. The number of aromatic nitrogens is 2. The van der Waals surface area contributed by atoms with Crippen molar-refractivity contribution in [3.05, 3.63) is 47.8 Å². The molecule has 0 bridgehead atoms. The van der Waals surface area contributed by atoms with Crippen molar-refractivity contribution in [2.45, 2.75) is 148 Å². The number of unbranched alkanes of at least 4 members (excludes halogenated alkanes) is 13. The molecule has 3 heteroatoms. The molecule has 0 atom stereocenters. The van der Waals surface area contributed by atoms with Crippen LogP contribution in [0.1, 0.15) is 121 Å². The number of aryl methyl sites for hydroxylation is 2. The minimum absolute atomic E-state index is 0.840. The van der Waals surface area contributed by atoms with E-state index in [0.717, 1.165) is 24.2 Å².